The highest BCUT2D eigenvalue weighted by Gasteiger charge is 1.88. The quantitative estimate of drug-likeness (QED) is 0.426. The van der Waals surface area contributed by atoms with Gasteiger partial charge in [0, 0.05) is 13.1 Å². The van der Waals surface area contributed by atoms with Crippen LogP contribution in [0.25, 0.3) is 0 Å². The van der Waals surface area contributed by atoms with E-state index in [1.807, 2.05) is 7.05 Å². The largest absolute Gasteiger partial charge is 0.251 e. The molecule has 1 rings (SSSR count). The van der Waals surface area contributed by atoms with Crippen molar-refractivity contribution in [3.05, 3.63) is 25.4 Å². The number of nitrogens with zero attached hydrogens (tertiary/aromatic N) is 3. The van der Waals surface area contributed by atoms with E-state index in [4.69, 9.17) is 0 Å². The van der Waals surface area contributed by atoms with Crippen LogP contribution in [0.3, 0.4) is 0 Å². The molecule has 10 heavy (non-hydrogen) atoms. The van der Waals surface area contributed by atoms with Crippen LogP contribution in [0.4, 0.5) is 5.82 Å². The van der Waals surface area contributed by atoms with Gasteiger partial charge in [0.25, 0.3) is 0 Å². The molecule has 1 aromatic rings. The van der Waals surface area contributed by atoms with Crippen LogP contribution in [0.1, 0.15) is 0 Å². The normalized spacial score (nSPS) is 7.70. The zero-order valence-corrected chi connectivity index (χ0v) is 6.12. The molecule has 0 amide bonds. The van der Waals surface area contributed by atoms with Crippen molar-refractivity contribution in [3.8, 4) is 0 Å². The van der Waals surface area contributed by atoms with Crippen molar-refractivity contribution in [2.45, 2.75) is 0 Å². The monoisotopic (exact) mass is 137 g/mol. The lowest BCUT2D eigenvalue weighted by molar-refractivity contribution is 0.771. The zero-order chi connectivity index (χ0) is 7.98. The van der Waals surface area contributed by atoms with E-state index < -0.39 is 0 Å². The van der Waals surface area contributed by atoms with Gasteiger partial charge in [-0.05, 0) is 6.72 Å². The predicted octanol–water partition coefficient (Wildman–Crippen LogP) is 1.55. The van der Waals surface area contributed by atoms with Crippen molar-refractivity contribution >= 4 is 12.5 Å². The van der Waals surface area contributed by atoms with Gasteiger partial charge < -0.3 is 0 Å². The molecule has 0 spiro atoms. The molecule has 0 atom stereocenters. The standard InChI is InChI=1S/C5H7N3.C2H4/c1-6-5-3-4-7-8(5)2;1-2/h3-4H,1H2,2H3;1-2H2. The summed E-state index contributed by atoms with van der Waals surface area (Å²) in [6.07, 6.45) is 1.68. The van der Waals surface area contributed by atoms with Crippen LogP contribution in [0.5, 0.6) is 0 Å². The molecule has 1 aromatic heterocycles. The first-order valence-corrected chi connectivity index (χ1v) is 2.79. The minimum Gasteiger partial charge on any atom is -0.251 e. The first-order chi connectivity index (χ1) is 4.84. The molecule has 0 bridgehead atoms. The SMILES string of the molecule is C=C.C=Nc1ccnn1C. The third kappa shape index (κ3) is 1.85. The second kappa shape index (κ2) is 4.49. The molecule has 0 radical (unpaired) electrons. The number of hydrogen-bond acceptors (Lipinski definition) is 2. The van der Waals surface area contributed by atoms with Crippen molar-refractivity contribution in [1.82, 2.24) is 9.78 Å². The van der Waals surface area contributed by atoms with Gasteiger partial charge in [0.1, 0.15) is 5.82 Å². The van der Waals surface area contributed by atoms with E-state index in [2.05, 4.69) is 30.0 Å². The van der Waals surface area contributed by atoms with Crippen LogP contribution in [0, 0.1) is 0 Å². The summed E-state index contributed by atoms with van der Waals surface area (Å²) in [4.78, 5) is 3.68. The summed E-state index contributed by atoms with van der Waals surface area (Å²) in [6, 6.07) is 1.80. The van der Waals surface area contributed by atoms with Gasteiger partial charge in [-0.15, -0.1) is 13.2 Å². The fraction of sp³-hybridized carbons (Fsp3) is 0.143. The molecule has 3 nitrogen and oxygen atoms in total. The summed E-state index contributed by atoms with van der Waals surface area (Å²) in [5, 5.41) is 3.87. The third-order valence-corrected chi connectivity index (χ3v) is 0.957. The maximum absolute atomic E-state index is 3.87. The Morgan fingerprint density at radius 3 is 2.40 bits per heavy atom. The average molecular weight is 137 g/mol. The molecule has 0 aliphatic heterocycles. The zero-order valence-electron chi connectivity index (χ0n) is 6.12. The maximum Gasteiger partial charge on any atom is 0.149 e. The fourth-order valence-corrected chi connectivity index (χ4v) is 0.522. The Morgan fingerprint density at radius 1 is 1.60 bits per heavy atom. The highest BCUT2D eigenvalue weighted by Crippen LogP contribution is 2.04. The molecule has 0 saturated heterocycles. The van der Waals surface area contributed by atoms with Crippen molar-refractivity contribution in [2.24, 2.45) is 12.0 Å². The number of aryl methyl sites for hydroxylation is 1. The molecule has 0 saturated carbocycles. The van der Waals surface area contributed by atoms with Crippen molar-refractivity contribution in [2.75, 3.05) is 0 Å². The first-order valence-electron chi connectivity index (χ1n) is 2.79. The first kappa shape index (κ1) is 8.62. The summed E-state index contributed by atoms with van der Waals surface area (Å²) in [7, 11) is 1.82. The van der Waals surface area contributed by atoms with Crippen LogP contribution in [0.2, 0.25) is 0 Å². The molecular weight excluding hydrogens is 126 g/mol. The molecule has 0 aliphatic rings. The minimum absolute atomic E-state index is 0.796. The molecular formula is C7H11N3. The Bertz CT molecular complexity index is 202. The summed E-state index contributed by atoms with van der Waals surface area (Å²) in [6.45, 7) is 9.35. The number of rotatable bonds is 1. The van der Waals surface area contributed by atoms with E-state index in [9.17, 15) is 0 Å². The van der Waals surface area contributed by atoms with Crippen molar-refractivity contribution < 1.29 is 0 Å². The van der Waals surface area contributed by atoms with Gasteiger partial charge in [0.15, 0.2) is 0 Å². The van der Waals surface area contributed by atoms with Gasteiger partial charge in [-0.2, -0.15) is 5.10 Å². The Hall–Kier alpha value is -1.38. The Balaban J connectivity index is 0.000000371. The fourth-order valence-electron chi connectivity index (χ4n) is 0.522. The average Bonchev–Trinajstić information content (AvgIpc) is 2.39. The molecule has 3 heteroatoms. The topological polar surface area (TPSA) is 30.2 Å². The van der Waals surface area contributed by atoms with E-state index >= 15 is 0 Å². The van der Waals surface area contributed by atoms with Crippen molar-refractivity contribution in [3.63, 3.8) is 0 Å². The maximum atomic E-state index is 3.87. The summed E-state index contributed by atoms with van der Waals surface area (Å²) < 4.78 is 1.66. The predicted molar refractivity (Wildman–Crippen MR) is 43.7 cm³/mol. The lowest BCUT2D eigenvalue weighted by Gasteiger charge is -1.88. The van der Waals surface area contributed by atoms with E-state index in [1.165, 1.54) is 0 Å². The van der Waals surface area contributed by atoms with Crippen LogP contribution >= 0.6 is 0 Å². The van der Waals surface area contributed by atoms with Gasteiger partial charge in [-0.25, -0.2) is 4.99 Å². The van der Waals surface area contributed by atoms with Gasteiger partial charge >= 0.3 is 0 Å². The van der Waals surface area contributed by atoms with Crippen LogP contribution in [0.15, 0.2) is 30.4 Å². The van der Waals surface area contributed by atoms with Crippen molar-refractivity contribution in [1.29, 1.82) is 0 Å². The molecule has 0 aliphatic carbocycles. The van der Waals surface area contributed by atoms with E-state index in [-0.39, 0.29) is 0 Å². The van der Waals surface area contributed by atoms with Gasteiger partial charge in [-0.3, -0.25) is 4.68 Å². The van der Waals surface area contributed by atoms with E-state index in [0.717, 1.165) is 5.82 Å². The Morgan fingerprint density at radius 2 is 2.20 bits per heavy atom. The number of hydrogen-bond donors (Lipinski definition) is 0. The minimum atomic E-state index is 0.796. The molecule has 0 fully saturated rings. The Labute approximate surface area is 60.7 Å². The number of aromatic nitrogens is 2. The molecule has 1 heterocycles. The molecule has 0 N–H and O–H groups in total. The van der Waals surface area contributed by atoms with E-state index in [0.29, 0.717) is 0 Å². The van der Waals surface area contributed by atoms with E-state index in [1.54, 1.807) is 16.9 Å². The molecule has 54 valence electrons. The number of aliphatic imine (C=N–C) groups is 1. The highest BCUT2D eigenvalue weighted by atomic mass is 15.3. The Kier molecular flexibility index (Phi) is 3.87. The third-order valence-electron chi connectivity index (χ3n) is 0.957. The van der Waals surface area contributed by atoms with Crippen LogP contribution in [-0.2, 0) is 7.05 Å². The summed E-state index contributed by atoms with van der Waals surface area (Å²) >= 11 is 0. The smallest absolute Gasteiger partial charge is 0.149 e. The second-order valence-corrected chi connectivity index (χ2v) is 1.47. The second-order valence-electron chi connectivity index (χ2n) is 1.47. The van der Waals surface area contributed by atoms with Gasteiger partial charge in [0.2, 0.25) is 0 Å². The molecule has 0 aromatic carbocycles. The van der Waals surface area contributed by atoms with Crippen LogP contribution < -0.4 is 0 Å². The summed E-state index contributed by atoms with van der Waals surface area (Å²) in [5.74, 6) is 0.796. The lowest BCUT2D eigenvalue weighted by Crippen LogP contribution is -1.86. The van der Waals surface area contributed by atoms with Gasteiger partial charge in [-0.1, -0.05) is 0 Å². The van der Waals surface area contributed by atoms with Gasteiger partial charge in [0.05, 0.1) is 6.20 Å². The summed E-state index contributed by atoms with van der Waals surface area (Å²) in [5.41, 5.74) is 0. The highest BCUT2D eigenvalue weighted by molar-refractivity contribution is 5.38. The molecule has 0 unspecified atom stereocenters. The van der Waals surface area contributed by atoms with Crippen LogP contribution in [-0.4, -0.2) is 16.5 Å². The lowest BCUT2D eigenvalue weighted by atomic mass is 10.6.